The SMILES string of the molecule is CCc1ccc(NC(=O)CN(c2cc(OC)ccc2OC)S(C)(=O)=O)cc1. The van der Waals surface area contributed by atoms with Crippen LogP contribution in [-0.4, -0.2) is 41.3 Å². The first-order valence-corrected chi connectivity index (χ1v) is 10.2. The number of ether oxygens (including phenoxy) is 2. The quantitative estimate of drug-likeness (QED) is 0.747. The van der Waals surface area contributed by atoms with E-state index in [1.807, 2.05) is 19.1 Å². The molecule has 7 nitrogen and oxygen atoms in total. The second kappa shape index (κ2) is 8.77. The molecule has 2 aromatic rings. The molecule has 0 unspecified atom stereocenters. The first-order valence-electron chi connectivity index (χ1n) is 8.37. The Morgan fingerprint density at radius 2 is 1.74 bits per heavy atom. The molecule has 1 N–H and O–H groups in total. The van der Waals surface area contributed by atoms with Crippen molar-refractivity contribution in [3.05, 3.63) is 48.0 Å². The molecule has 0 saturated carbocycles. The largest absolute Gasteiger partial charge is 0.497 e. The number of sulfonamides is 1. The molecule has 0 aliphatic rings. The van der Waals surface area contributed by atoms with Crippen molar-refractivity contribution in [2.24, 2.45) is 0 Å². The van der Waals surface area contributed by atoms with Crippen molar-refractivity contribution in [2.75, 3.05) is 36.6 Å². The monoisotopic (exact) mass is 392 g/mol. The number of amides is 1. The average molecular weight is 392 g/mol. The van der Waals surface area contributed by atoms with Crippen molar-refractivity contribution in [3.8, 4) is 11.5 Å². The molecular weight excluding hydrogens is 368 g/mol. The lowest BCUT2D eigenvalue weighted by atomic mass is 10.1. The van der Waals surface area contributed by atoms with Gasteiger partial charge in [-0.05, 0) is 36.2 Å². The fourth-order valence-electron chi connectivity index (χ4n) is 2.53. The average Bonchev–Trinajstić information content (AvgIpc) is 2.65. The van der Waals surface area contributed by atoms with E-state index in [9.17, 15) is 13.2 Å². The van der Waals surface area contributed by atoms with Crippen LogP contribution < -0.4 is 19.1 Å². The van der Waals surface area contributed by atoms with Crippen molar-refractivity contribution in [2.45, 2.75) is 13.3 Å². The van der Waals surface area contributed by atoms with Gasteiger partial charge in [-0.1, -0.05) is 19.1 Å². The van der Waals surface area contributed by atoms with Crippen LogP contribution in [-0.2, 0) is 21.2 Å². The summed E-state index contributed by atoms with van der Waals surface area (Å²) < 4.78 is 36.0. The van der Waals surface area contributed by atoms with E-state index in [0.29, 0.717) is 17.2 Å². The molecule has 0 fully saturated rings. The van der Waals surface area contributed by atoms with Crippen molar-refractivity contribution in [3.63, 3.8) is 0 Å². The number of benzene rings is 2. The normalized spacial score (nSPS) is 11.0. The van der Waals surface area contributed by atoms with Crippen molar-refractivity contribution in [1.82, 2.24) is 0 Å². The van der Waals surface area contributed by atoms with E-state index in [-0.39, 0.29) is 5.69 Å². The number of methoxy groups -OCH3 is 2. The lowest BCUT2D eigenvalue weighted by Crippen LogP contribution is -2.37. The number of carbonyl (C=O) groups is 1. The molecule has 8 heteroatoms. The van der Waals surface area contributed by atoms with Crippen LogP contribution in [0.1, 0.15) is 12.5 Å². The molecule has 0 atom stereocenters. The minimum absolute atomic E-state index is 0.232. The topological polar surface area (TPSA) is 84.9 Å². The highest BCUT2D eigenvalue weighted by atomic mass is 32.2. The van der Waals surface area contributed by atoms with E-state index < -0.39 is 22.5 Å². The Hall–Kier alpha value is -2.74. The first-order chi connectivity index (χ1) is 12.8. The standard InChI is InChI=1S/C19H24N2O5S/c1-5-14-6-8-15(9-7-14)20-19(22)13-21(27(4,23)24)17-12-16(25-2)10-11-18(17)26-3/h6-12H,5,13H2,1-4H3,(H,20,22). The van der Waals surface area contributed by atoms with Gasteiger partial charge in [0, 0.05) is 11.8 Å². The fourth-order valence-corrected chi connectivity index (χ4v) is 3.38. The molecule has 0 aromatic heterocycles. The minimum Gasteiger partial charge on any atom is -0.497 e. The number of hydrogen-bond donors (Lipinski definition) is 1. The van der Waals surface area contributed by atoms with Gasteiger partial charge >= 0.3 is 0 Å². The summed E-state index contributed by atoms with van der Waals surface area (Å²) in [5.41, 5.74) is 1.98. The molecule has 0 radical (unpaired) electrons. The highest BCUT2D eigenvalue weighted by Gasteiger charge is 2.24. The zero-order chi connectivity index (χ0) is 20.0. The molecule has 0 saturated heterocycles. The van der Waals surface area contributed by atoms with E-state index >= 15 is 0 Å². The van der Waals surface area contributed by atoms with Gasteiger partial charge in [0.2, 0.25) is 15.9 Å². The number of nitrogens with one attached hydrogen (secondary N) is 1. The predicted octanol–water partition coefficient (Wildman–Crippen LogP) is 2.67. The molecule has 146 valence electrons. The van der Waals surface area contributed by atoms with Gasteiger partial charge in [-0.25, -0.2) is 8.42 Å². The number of aryl methyl sites for hydroxylation is 1. The Labute approximate surface area is 160 Å². The van der Waals surface area contributed by atoms with E-state index in [1.54, 1.807) is 24.3 Å². The Morgan fingerprint density at radius 3 is 2.26 bits per heavy atom. The third-order valence-corrected chi connectivity index (χ3v) is 5.11. The predicted molar refractivity (Wildman–Crippen MR) is 106 cm³/mol. The molecular formula is C19H24N2O5S. The number of carbonyl (C=O) groups excluding carboxylic acids is 1. The zero-order valence-corrected chi connectivity index (χ0v) is 16.7. The number of nitrogens with zero attached hydrogens (tertiary/aromatic N) is 1. The second-order valence-corrected chi connectivity index (χ2v) is 7.81. The molecule has 0 heterocycles. The van der Waals surface area contributed by atoms with E-state index in [0.717, 1.165) is 22.5 Å². The summed E-state index contributed by atoms with van der Waals surface area (Å²) in [6.45, 7) is 1.65. The fraction of sp³-hybridized carbons (Fsp3) is 0.316. The van der Waals surface area contributed by atoms with Gasteiger partial charge < -0.3 is 14.8 Å². The second-order valence-electron chi connectivity index (χ2n) is 5.91. The van der Waals surface area contributed by atoms with Crippen LogP contribution in [0, 0.1) is 0 Å². The lowest BCUT2D eigenvalue weighted by molar-refractivity contribution is -0.114. The minimum atomic E-state index is -3.74. The van der Waals surface area contributed by atoms with Crippen molar-refractivity contribution >= 4 is 27.3 Å². The van der Waals surface area contributed by atoms with Gasteiger partial charge in [0.25, 0.3) is 0 Å². The maximum atomic E-state index is 12.5. The van der Waals surface area contributed by atoms with E-state index in [4.69, 9.17) is 9.47 Å². The number of anilines is 2. The van der Waals surface area contributed by atoms with Crippen LogP contribution in [0.4, 0.5) is 11.4 Å². The van der Waals surface area contributed by atoms with E-state index in [2.05, 4.69) is 5.32 Å². The molecule has 0 aliphatic carbocycles. The Morgan fingerprint density at radius 1 is 1.07 bits per heavy atom. The molecule has 2 rings (SSSR count). The molecule has 2 aromatic carbocycles. The molecule has 27 heavy (non-hydrogen) atoms. The van der Waals surface area contributed by atoms with Gasteiger partial charge in [-0.2, -0.15) is 0 Å². The Balaban J connectivity index is 2.28. The lowest BCUT2D eigenvalue weighted by Gasteiger charge is -2.24. The first kappa shape index (κ1) is 20.6. The Bertz CT molecular complexity index is 895. The third kappa shape index (κ3) is 5.37. The van der Waals surface area contributed by atoms with Crippen LogP contribution in [0.3, 0.4) is 0 Å². The summed E-state index contributed by atoms with van der Waals surface area (Å²) in [7, 11) is -0.830. The highest BCUT2D eigenvalue weighted by Crippen LogP contribution is 2.33. The van der Waals surface area contributed by atoms with Gasteiger partial charge in [0.05, 0.1) is 26.2 Å². The smallest absolute Gasteiger partial charge is 0.245 e. The van der Waals surface area contributed by atoms with Gasteiger partial charge in [-0.15, -0.1) is 0 Å². The van der Waals surface area contributed by atoms with Crippen LogP contribution in [0.2, 0.25) is 0 Å². The molecule has 0 spiro atoms. The van der Waals surface area contributed by atoms with Gasteiger partial charge in [0.15, 0.2) is 0 Å². The zero-order valence-electron chi connectivity index (χ0n) is 15.9. The summed E-state index contributed by atoms with van der Waals surface area (Å²) >= 11 is 0. The summed E-state index contributed by atoms with van der Waals surface area (Å²) in [6, 6.07) is 12.2. The summed E-state index contributed by atoms with van der Waals surface area (Å²) in [5.74, 6) is 0.311. The van der Waals surface area contributed by atoms with Crippen molar-refractivity contribution in [1.29, 1.82) is 0 Å². The van der Waals surface area contributed by atoms with Crippen LogP contribution >= 0.6 is 0 Å². The van der Waals surface area contributed by atoms with E-state index in [1.165, 1.54) is 20.3 Å². The van der Waals surface area contributed by atoms with Crippen LogP contribution in [0.5, 0.6) is 11.5 Å². The maximum absolute atomic E-state index is 12.5. The van der Waals surface area contributed by atoms with Crippen molar-refractivity contribution < 1.29 is 22.7 Å². The number of hydrogen-bond acceptors (Lipinski definition) is 5. The summed E-state index contributed by atoms with van der Waals surface area (Å²) in [6.07, 6.45) is 1.93. The summed E-state index contributed by atoms with van der Waals surface area (Å²) in [4.78, 5) is 12.5. The molecule has 1 amide bonds. The van der Waals surface area contributed by atoms with Crippen LogP contribution in [0.25, 0.3) is 0 Å². The number of rotatable bonds is 8. The van der Waals surface area contributed by atoms with Gasteiger partial charge in [0.1, 0.15) is 18.0 Å². The molecule has 0 aliphatic heterocycles. The van der Waals surface area contributed by atoms with Gasteiger partial charge in [-0.3, -0.25) is 9.10 Å². The maximum Gasteiger partial charge on any atom is 0.245 e. The molecule has 0 bridgehead atoms. The van der Waals surface area contributed by atoms with Crippen LogP contribution in [0.15, 0.2) is 42.5 Å². The summed E-state index contributed by atoms with van der Waals surface area (Å²) in [5, 5.41) is 2.71. The third-order valence-electron chi connectivity index (χ3n) is 3.99. The Kier molecular flexibility index (Phi) is 6.68. The highest BCUT2D eigenvalue weighted by molar-refractivity contribution is 7.92.